The Morgan fingerprint density at radius 1 is 1.31 bits per heavy atom. The summed E-state index contributed by atoms with van der Waals surface area (Å²) in [4.78, 5) is 14.0. The molecule has 1 spiro atoms. The minimum absolute atomic E-state index is 0.0271. The lowest BCUT2D eigenvalue weighted by molar-refractivity contribution is -0.289. The van der Waals surface area contributed by atoms with Gasteiger partial charge in [0.05, 0.1) is 18.9 Å². The second-order valence-electron chi connectivity index (χ2n) is 14.1. The zero-order valence-electron chi connectivity index (χ0n) is 23.1. The number of nitrogens with two attached hydrogens (primary N) is 1. The highest BCUT2D eigenvalue weighted by molar-refractivity contribution is 6.74. The van der Waals surface area contributed by atoms with Crippen LogP contribution in [-0.2, 0) is 14.0 Å². The monoisotopic (exact) mass is 498 g/mol. The Balaban J connectivity index is 1.44. The number of ketones is 1. The molecule has 5 aliphatic rings. The first-order chi connectivity index (χ1) is 16.2. The normalized spacial score (nSPS) is 45.7. The van der Waals surface area contributed by atoms with E-state index in [9.17, 15) is 4.79 Å². The highest BCUT2D eigenvalue weighted by Crippen LogP contribution is 2.74. The second kappa shape index (κ2) is 7.88. The third-order valence-corrected chi connectivity index (χ3v) is 16.1. The van der Waals surface area contributed by atoms with Crippen molar-refractivity contribution in [2.24, 2.45) is 51.4 Å². The SMILES string of the molecule is C[C@@H]1CC2[C@@H]3CCC4=C/C(=N/N)C=C[C@]4(C)C3[C@@H](C)C[C@@]23CO[C@]13C(=O)CO[Si](C)(C)C(C)(C)C. The number of ether oxygens (including phenoxy) is 1. The van der Waals surface area contributed by atoms with Gasteiger partial charge in [-0.25, -0.2) is 0 Å². The number of rotatable bonds is 4. The lowest BCUT2D eigenvalue weighted by Gasteiger charge is -2.66. The molecular formula is C29H46N2O3Si. The van der Waals surface area contributed by atoms with Gasteiger partial charge in [0.25, 0.3) is 0 Å². The van der Waals surface area contributed by atoms with Crippen LogP contribution >= 0.6 is 0 Å². The molecule has 35 heavy (non-hydrogen) atoms. The molecule has 3 saturated carbocycles. The molecule has 194 valence electrons. The minimum atomic E-state index is -2.01. The molecule has 2 N–H and O–H groups in total. The number of Topliss-reactive ketones (excluding diaryl/α,β-unsaturated/α-hetero) is 1. The number of nitrogens with zero attached hydrogens (tertiary/aromatic N) is 1. The van der Waals surface area contributed by atoms with E-state index in [-0.39, 0.29) is 34.2 Å². The molecule has 0 bridgehead atoms. The largest absolute Gasteiger partial charge is 0.409 e. The Morgan fingerprint density at radius 2 is 2.03 bits per heavy atom. The highest BCUT2D eigenvalue weighted by Gasteiger charge is 2.77. The fraction of sp³-hybridized carbons (Fsp3) is 0.793. The summed E-state index contributed by atoms with van der Waals surface area (Å²) in [5, 5.41) is 4.04. The van der Waals surface area contributed by atoms with Crippen LogP contribution in [-0.4, -0.2) is 38.6 Å². The summed E-state index contributed by atoms with van der Waals surface area (Å²) < 4.78 is 12.9. The Hall–Kier alpha value is -1.24. The molecule has 8 atom stereocenters. The smallest absolute Gasteiger partial charge is 0.192 e. The van der Waals surface area contributed by atoms with E-state index in [1.165, 1.54) is 12.0 Å². The molecule has 1 saturated heterocycles. The fourth-order valence-corrected chi connectivity index (χ4v) is 9.88. The van der Waals surface area contributed by atoms with Crippen molar-refractivity contribution in [1.82, 2.24) is 0 Å². The van der Waals surface area contributed by atoms with Gasteiger partial charge in [-0.2, -0.15) is 5.10 Å². The van der Waals surface area contributed by atoms with Gasteiger partial charge >= 0.3 is 0 Å². The summed E-state index contributed by atoms with van der Waals surface area (Å²) in [6, 6.07) is 0. The molecular weight excluding hydrogens is 452 g/mol. The van der Waals surface area contributed by atoms with E-state index in [2.05, 4.69) is 78.0 Å². The molecule has 4 fully saturated rings. The van der Waals surface area contributed by atoms with E-state index >= 15 is 0 Å². The molecule has 0 aromatic rings. The van der Waals surface area contributed by atoms with Crippen LogP contribution in [0.4, 0.5) is 0 Å². The molecule has 5 rings (SSSR count). The van der Waals surface area contributed by atoms with Gasteiger partial charge < -0.3 is 15.0 Å². The quantitative estimate of drug-likeness (QED) is 0.299. The Bertz CT molecular complexity index is 1010. The Labute approximate surface area is 213 Å². The van der Waals surface area contributed by atoms with Gasteiger partial charge in [0.2, 0.25) is 0 Å². The maximum Gasteiger partial charge on any atom is 0.192 e. The van der Waals surface area contributed by atoms with Gasteiger partial charge in [0, 0.05) is 10.8 Å². The number of hydrogen-bond donors (Lipinski definition) is 1. The first-order valence-corrected chi connectivity index (χ1v) is 16.6. The van der Waals surface area contributed by atoms with Crippen LogP contribution in [0.5, 0.6) is 0 Å². The van der Waals surface area contributed by atoms with Crippen LogP contribution in [0.25, 0.3) is 0 Å². The minimum Gasteiger partial charge on any atom is -0.409 e. The summed E-state index contributed by atoms with van der Waals surface area (Å²) >= 11 is 0. The number of hydrogen-bond acceptors (Lipinski definition) is 5. The standard InChI is InChI=1S/C29H46N2O3Si/c1-18-15-28-17-33-29(28,24(32)16-34-35(7,8)26(3,4)5)19(2)13-23(28)22-10-9-20-14-21(31-30)11-12-27(20,6)25(18)22/h11-12,14,18-19,22-23,25H,9-10,13,15-17,30H2,1-8H3/b31-21+/t18-,19+,22-,23?,25?,27-,28+,29-/m0/s1. The van der Waals surface area contributed by atoms with Crippen molar-refractivity contribution in [1.29, 1.82) is 0 Å². The van der Waals surface area contributed by atoms with Crippen molar-refractivity contribution in [2.45, 2.75) is 91.0 Å². The van der Waals surface area contributed by atoms with Crippen molar-refractivity contribution >= 4 is 19.8 Å². The molecule has 0 aromatic heterocycles. The average molecular weight is 499 g/mol. The molecule has 1 aliphatic heterocycles. The van der Waals surface area contributed by atoms with Crippen molar-refractivity contribution in [3.8, 4) is 0 Å². The van der Waals surface area contributed by atoms with Crippen LogP contribution < -0.4 is 5.84 Å². The zero-order chi connectivity index (χ0) is 25.6. The molecule has 5 nitrogen and oxygen atoms in total. The average Bonchev–Trinajstić information content (AvgIpc) is 2.93. The third-order valence-electron chi connectivity index (χ3n) is 11.6. The fourth-order valence-electron chi connectivity index (χ4n) is 8.96. The Kier molecular flexibility index (Phi) is 5.72. The maximum atomic E-state index is 14.0. The predicted molar refractivity (Wildman–Crippen MR) is 143 cm³/mol. The van der Waals surface area contributed by atoms with Crippen LogP contribution in [0, 0.1) is 40.4 Å². The van der Waals surface area contributed by atoms with Crippen LogP contribution in [0.15, 0.2) is 28.9 Å². The first-order valence-electron chi connectivity index (χ1n) is 13.7. The maximum absolute atomic E-state index is 14.0. The summed E-state index contributed by atoms with van der Waals surface area (Å²) in [5.74, 6) is 8.32. The van der Waals surface area contributed by atoms with Gasteiger partial charge in [-0.1, -0.05) is 53.2 Å². The predicted octanol–water partition coefficient (Wildman–Crippen LogP) is 5.87. The summed E-state index contributed by atoms with van der Waals surface area (Å²) in [6.07, 6.45) is 11.1. The molecule has 6 heteroatoms. The summed E-state index contributed by atoms with van der Waals surface area (Å²) in [5.41, 5.74) is 1.73. The topological polar surface area (TPSA) is 73.9 Å². The second-order valence-corrected chi connectivity index (χ2v) is 19.0. The van der Waals surface area contributed by atoms with Gasteiger partial charge in [0.15, 0.2) is 14.1 Å². The lowest BCUT2D eigenvalue weighted by atomic mass is 9.43. The first kappa shape index (κ1) is 25.4. The molecule has 1 heterocycles. The van der Waals surface area contributed by atoms with Crippen LogP contribution in [0.3, 0.4) is 0 Å². The number of carbonyl (C=O) groups excluding carboxylic acids is 1. The molecule has 2 unspecified atom stereocenters. The van der Waals surface area contributed by atoms with Gasteiger partial charge in [-0.15, -0.1) is 0 Å². The number of hydrazone groups is 1. The number of fused-ring (bicyclic) bond motifs is 4. The highest BCUT2D eigenvalue weighted by atomic mass is 28.4. The third kappa shape index (κ3) is 3.24. The van der Waals surface area contributed by atoms with Gasteiger partial charge in [0.1, 0.15) is 5.60 Å². The summed E-state index contributed by atoms with van der Waals surface area (Å²) in [7, 11) is -2.01. The van der Waals surface area contributed by atoms with Crippen molar-refractivity contribution in [3.05, 3.63) is 23.8 Å². The van der Waals surface area contributed by atoms with E-state index in [0.29, 0.717) is 23.7 Å². The van der Waals surface area contributed by atoms with Gasteiger partial charge in [-0.05, 0) is 85.6 Å². The van der Waals surface area contributed by atoms with Gasteiger partial charge in [-0.3, -0.25) is 4.79 Å². The summed E-state index contributed by atoms with van der Waals surface area (Å²) in [6.45, 7) is 19.2. The van der Waals surface area contributed by atoms with Crippen molar-refractivity contribution in [3.63, 3.8) is 0 Å². The van der Waals surface area contributed by atoms with Crippen LogP contribution in [0.2, 0.25) is 18.1 Å². The van der Waals surface area contributed by atoms with E-state index in [0.717, 1.165) is 31.6 Å². The number of allylic oxidation sites excluding steroid dienone is 4. The molecule has 4 aliphatic carbocycles. The van der Waals surface area contributed by atoms with E-state index < -0.39 is 13.9 Å². The lowest BCUT2D eigenvalue weighted by Crippen LogP contribution is -2.72. The van der Waals surface area contributed by atoms with E-state index in [1.807, 2.05) is 0 Å². The molecule has 0 radical (unpaired) electrons. The molecule has 0 aromatic carbocycles. The Morgan fingerprint density at radius 3 is 2.63 bits per heavy atom. The van der Waals surface area contributed by atoms with E-state index in [4.69, 9.17) is 15.0 Å². The zero-order valence-corrected chi connectivity index (χ0v) is 24.1. The molecule has 0 amide bonds. The van der Waals surface area contributed by atoms with E-state index in [1.54, 1.807) is 0 Å². The van der Waals surface area contributed by atoms with Crippen molar-refractivity contribution < 1.29 is 14.0 Å². The number of carbonyl (C=O) groups is 1. The van der Waals surface area contributed by atoms with Crippen LogP contribution in [0.1, 0.15) is 67.2 Å². The van der Waals surface area contributed by atoms with Crippen molar-refractivity contribution in [2.75, 3.05) is 13.2 Å².